The summed E-state index contributed by atoms with van der Waals surface area (Å²) in [4.78, 5) is 0. The summed E-state index contributed by atoms with van der Waals surface area (Å²) in [5.74, 6) is 0. The van der Waals surface area contributed by atoms with Crippen LogP contribution >= 0.6 is 15.9 Å². The Bertz CT molecular complexity index is 462. The first-order chi connectivity index (χ1) is 6.74. The van der Waals surface area contributed by atoms with Crippen LogP contribution in [0.1, 0.15) is 5.56 Å². The predicted octanol–water partition coefficient (Wildman–Crippen LogP) is 3.09. The summed E-state index contributed by atoms with van der Waals surface area (Å²) in [6.07, 6.45) is 2.11. The Morgan fingerprint density at radius 3 is 2.93 bits per heavy atom. The van der Waals surface area contributed by atoms with E-state index < -0.39 is 0 Å². The number of hydrogen-bond donors (Lipinski definition) is 0. The van der Waals surface area contributed by atoms with Crippen molar-refractivity contribution < 1.29 is 4.74 Å². The summed E-state index contributed by atoms with van der Waals surface area (Å²) < 4.78 is 8.40. The van der Waals surface area contributed by atoms with Gasteiger partial charge in [0.2, 0.25) is 0 Å². The summed E-state index contributed by atoms with van der Waals surface area (Å²) in [6, 6.07) is 6.22. The second-order valence-electron chi connectivity index (χ2n) is 3.33. The summed E-state index contributed by atoms with van der Waals surface area (Å²) in [7, 11) is 3.77. The van der Waals surface area contributed by atoms with Gasteiger partial charge in [0.15, 0.2) is 0 Å². The van der Waals surface area contributed by atoms with E-state index in [0.717, 1.165) is 4.47 Å². The minimum atomic E-state index is 0.661. The SMILES string of the molecule is COCc1cn(C)c2c(Br)cccc12. The third-order valence-electron chi connectivity index (χ3n) is 2.33. The van der Waals surface area contributed by atoms with Gasteiger partial charge in [0.1, 0.15) is 0 Å². The fourth-order valence-electron chi connectivity index (χ4n) is 1.77. The summed E-state index contributed by atoms with van der Waals surface area (Å²) >= 11 is 3.55. The van der Waals surface area contributed by atoms with Gasteiger partial charge < -0.3 is 9.30 Å². The molecule has 0 bridgehead atoms. The first kappa shape index (κ1) is 9.74. The topological polar surface area (TPSA) is 14.2 Å². The molecule has 1 heterocycles. The second-order valence-corrected chi connectivity index (χ2v) is 4.19. The Hall–Kier alpha value is -0.800. The van der Waals surface area contributed by atoms with Gasteiger partial charge in [0, 0.05) is 35.8 Å². The monoisotopic (exact) mass is 253 g/mol. The third kappa shape index (κ3) is 1.47. The second kappa shape index (κ2) is 3.75. The standard InChI is InChI=1S/C11H12BrNO/c1-13-6-8(7-14-2)9-4-3-5-10(12)11(9)13/h3-6H,7H2,1-2H3. The van der Waals surface area contributed by atoms with E-state index in [2.05, 4.69) is 38.8 Å². The van der Waals surface area contributed by atoms with Crippen molar-refractivity contribution in [3.63, 3.8) is 0 Å². The van der Waals surface area contributed by atoms with Crippen molar-refractivity contribution in [1.29, 1.82) is 0 Å². The Labute approximate surface area is 91.6 Å². The van der Waals surface area contributed by atoms with Crippen molar-refractivity contribution in [2.75, 3.05) is 7.11 Å². The number of benzene rings is 1. The number of methoxy groups -OCH3 is 1. The zero-order valence-corrected chi connectivity index (χ0v) is 9.84. The number of fused-ring (bicyclic) bond motifs is 1. The largest absolute Gasteiger partial charge is 0.380 e. The molecule has 0 amide bonds. The van der Waals surface area contributed by atoms with Crippen LogP contribution in [0.5, 0.6) is 0 Å². The molecule has 0 unspecified atom stereocenters. The molecule has 0 radical (unpaired) electrons. The van der Waals surface area contributed by atoms with Crippen molar-refractivity contribution in [2.45, 2.75) is 6.61 Å². The highest BCUT2D eigenvalue weighted by atomic mass is 79.9. The number of aromatic nitrogens is 1. The summed E-state index contributed by atoms with van der Waals surface area (Å²) in [6.45, 7) is 0.661. The van der Waals surface area contributed by atoms with Crippen LogP contribution in [-0.2, 0) is 18.4 Å². The van der Waals surface area contributed by atoms with Crippen LogP contribution in [-0.4, -0.2) is 11.7 Å². The van der Waals surface area contributed by atoms with E-state index in [-0.39, 0.29) is 0 Å². The molecule has 14 heavy (non-hydrogen) atoms. The molecule has 2 rings (SSSR count). The zero-order valence-electron chi connectivity index (χ0n) is 8.25. The fourth-order valence-corrected chi connectivity index (χ4v) is 2.42. The molecule has 1 aromatic carbocycles. The number of aryl methyl sites for hydroxylation is 1. The maximum atomic E-state index is 5.16. The van der Waals surface area contributed by atoms with Gasteiger partial charge in [-0.2, -0.15) is 0 Å². The number of nitrogens with zero attached hydrogens (tertiary/aromatic N) is 1. The molecule has 0 aliphatic carbocycles. The number of rotatable bonds is 2. The van der Waals surface area contributed by atoms with Crippen molar-refractivity contribution in [2.24, 2.45) is 7.05 Å². The minimum absolute atomic E-state index is 0.661. The lowest BCUT2D eigenvalue weighted by Crippen LogP contribution is -1.85. The molecular weight excluding hydrogens is 242 g/mol. The van der Waals surface area contributed by atoms with Gasteiger partial charge in [-0.3, -0.25) is 0 Å². The minimum Gasteiger partial charge on any atom is -0.380 e. The van der Waals surface area contributed by atoms with E-state index in [4.69, 9.17) is 4.74 Å². The van der Waals surface area contributed by atoms with Crippen LogP contribution in [0.15, 0.2) is 28.9 Å². The molecule has 0 aliphatic rings. The van der Waals surface area contributed by atoms with Crippen molar-refractivity contribution in [3.8, 4) is 0 Å². The predicted molar refractivity (Wildman–Crippen MR) is 61.3 cm³/mol. The molecule has 1 aromatic heterocycles. The van der Waals surface area contributed by atoms with E-state index >= 15 is 0 Å². The number of hydrogen-bond acceptors (Lipinski definition) is 1. The highest BCUT2D eigenvalue weighted by Crippen LogP contribution is 2.27. The maximum Gasteiger partial charge on any atom is 0.0733 e. The molecular formula is C11H12BrNO. The molecule has 0 saturated heterocycles. The lowest BCUT2D eigenvalue weighted by molar-refractivity contribution is 0.186. The molecule has 0 atom stereocenters. The van der Waals surface area contributed by atoms with Crippen molar-refractivity contribution >= 4 is 26.8 Å². The molecule has 0 aliphatic heterocycles. The van der Waals surface area contributed by atoms with Gasteiger partial charge in [-0.15, -0.1) is 0 Å². The molecule has 3 heteroatoms. The van der Waals surface area contributed by atoms with E-state index in [9.17, 15) is 0 Å². The Morgan fingerprint density at radius 1 is 1.43 bits per heavy atom. The van der Waals surface area contributed by atoms with Crippen LogP contribution < -0.4 is 0 Å². The van der Waals surface area contributed by atoms with Crippen LogP contribution in [0.4, 0.5) is 0 Å². The lowest BCUT2D eigenvalue weighted by atomic mass is 10.2. The molecule has 2 aromatic rings. The number of para-hydroxylation sites is 1. The molecule has 74 valence electrons. The lowest BCUT2D eigenvalue weighted by Gasteiger charge is -1.98. The summed E-state index contributed by atoms with van der Waals surface area (Å²) in [5.41, 5.74) is 2.45. The Kier molecular flexibility index (Phi) is 2.61. The molecule has 0 spiro atoms. The van der Waals surface area contributed by atoms with Crippen molar-refractivity contribution in [1.82, 2.24) is 4.57 Å². The highest BCUT2D eigenvalue weighted by molar-refractivity contribution is 9.10. The van der Waals surface area contributed by atoms with Crippen LogP contribution in [0.3, 0.4) is 0 Å². The van der Waals surface area contributed by atoms with Gasteiger partial charge in [0.25, 0.3) is 0 Å². The van der Waals surface area contributed by atoms with Gasteiger partial charge in [0.05, 0.1) is 12.1 Å². The van der Waals surface area contributed by atoms with E-state index in [1.54, 1.807) is 7.11 Å². The normalized spacial score (nSPS) is 11.1. The Morgan fingerprint density at radius 2 is 2.21 bits per heavy atom. The Balaban J connectivity index is 2.71. The first-order valence-electron chi connectivity index (χ1n) is 4.45. The maximum absolute atomic E-state index is 5.16. The first-order valence-corrected chi connectivity index (χ1v) is 5.24. The van der Waals surface area contributed by atoms with Crippen LogP contribution in [0.2, 0.25) is 0 Å². The molecule has 2 nitrogen and oxygen atoms in total. The van der Waals surface area contributed by atoms with Crippen LogP contribution in [0.25, 0.3) is 10.9 Å². The van der Waals surface area contributed by atoms with E-state index in [1.165, 1.54) is 16.5 Å². The van der Waals surface area contributed by atoms with Crippen molar-refractivity contribution in [3.05, 3.63) is 34.4 Å². The molecule has 0 N–H and O–H groups in total. The third-order valence-corrected chi connectivity index (χ3v) is 2.97. The number of ether oxygens (including phenoxy) is 1. The fraction of sp³-hybridized carbons (Fsp3) is 0.273. The quantitative estimate of drug-likeness (QED) is 0.803. The van der Waals surface area contributed by atoms with Gasteiger partial charge >= 0.3 is 0 Å². The summed E-state index contributed by atoms with van der Waals surface area (Å²) in [5, 5.41) is 1.25. The van der Waals surface area contributed by atoms with Crippen LogP contribution in [0, 0.1) is 0 Å². The number of halogens is 1. The van der Waals surface area contributed by atoms with Gasteiger partial charge in [-0.05, 0) is 22.0 Å². The van der Waals surface area contributed by atoms with Gasteiger partial charge in [-0.1, -0.05) is 12.1 Å². The molecule has 0 saturated carbocycles. The average molecular weight is 254 g/mol. The zero-order chi connectivity index (χ0) is 10.1. The highest BCUT2D eigenvalue weighted by Gasteiger charge is 2.07. The molecule has 0 fully saturated rings. The smallest absolute Gasteiger partial charge is 0.0733 e. The van der Waals surface area contributed by atoms with E-state index in [1.807, 2.05) is 13.1 Å². The van der Waals surface area contributed by atoms with Gasteiger partial charge in [-0.25, -0.2) is 0 Å². The average Bonchev–Trinajstić information content (AvgIpc) is 2.46. The van der Waals surface area contributed by atoms with E-state index in [0.29, 0.717) is 6.61 Å².